The average molecular weight is 383 g/mol. The van der Waals surface area contributed by atoms with Crippen molar-refractivity contribution in [1.82, 2.24) is 9.88 Å². The predicted octanol–water partition coefficient (Wildman–Crippen LogP) is 4.03. The van der Waals surface area contributed by atoms with Crippen LogP contribution in [0.2, 0.25) is 0 Å². The lowest BCUT2D eigenvalue weighted by Crippen LogP contribution is -2.46. The van der Waals surface area contributed by atoms with Crippen LogP contribution in [0.5, 0.6) is 0 Å². The van der Waals surface area contributed by atoms with Crippen LogP contribution in [0.25, 0.3) is 0 Å². The van der Waals surface area contributed by atoms with Crippen molar-refractivity contribution in [3.05, 3.63) is 59.2 Å². The molecule has 0 saturated carbocycles. The Kier molecular flexibility index (Phi) is 6.07. The van der Waals surface area contributed by atoms with E-state index in [0.29, 0.717) is 18.2 Å². The Hall–Kier alpha value is -2.76. The maximum atomic E-state index is 13.3. The Morgan fingerprint density at radius 2 is 1.96 bits per heavy atom. The molecular weight excluding hydrogens is 357 g/mol. The summed E-state index contributed by atoms with van der Waals surface area (Å²) >= 11 is 0. The second kappa shape index (κ2) is 8.50. The Balaban J connectivity index is 1.79. The SMILES string of the molecule is CCc1cc(NC(=O)C(=O)N2C[C@@H](C)CC[C@@H]2c2ccc(F)cc2)cnc1C. The lowest BCUT2D eigenvalue weighted by molar-refractivity contribution is -0.146. The molecule has 6 heteroatoms. The van der Waals surface area contributed by atoms with Crippen molar-refractivity contribution in [1.29, 1.82) is 0 Å². The molecule has 1 aliphatic rings. The number of piperidine rings is 1. The molecule has 2 heterocycles. The number of aryl methyl sites for hydroxylation is 2. The van der Waals surface area contributed by atoms with Gasteiger partial charge in [0.15, 0.2) is 0 Å². The summed E-state index contributed by atoms with van der Waals surface area (Å²) in [5, 5.41) is 2.68. The third-order valence-electron chi connectivity index (χ3n) is 5.36. The van der Waals surface area contributed by atoms with Crippen molar-refractivity contribution in [2.24, 2.45) is 5.92 Å². The number of halogens is 1. The molecule has 0 bridgehead atoms. The molecule has 0 spiro atoms. The monoisotopic (exact) mass is 383 g/mol. The molecule has 5 nitrogen and oxygen atoms in total. The molecule has 148 valence electrons. The number of aromatic nitrogens is 1. The number of nitrogens with one attached hydrogen (secondary N) is 1. The zero-order valence-corrected chi connectivity index (χ0v) is 16.5. The van der Waals surface area contributed by atoms with Gasteiger partial charge in [-0.2, -0.15) is 0 Å². The van der Waals surface area contributed by atoms with Crippen molar-refractivity contribution >= 4 is 17.5 Å². The minimum atomic E-state index is -0.672. The van der Waals surface area contributed by atoms with Gasteiger partial charge in [-0.05, 0) is 61.4 Å². The molecule has 28 heavy (non-hydrogen) atoms. The molecule has 2 amide bonds. The highest BCUT2D eigenvalue weighted by molar-refractivity contribution is 6.39. The second-order valence-electron chi connectivity index (χ2n) is 7.48. The fourth-order valence-electron chi connectivity index (χ4n) is 3.73. The van der Waals surface area contributed by atoms with Crippen LogP contribution in [0.3, 0.4) is 0 Å². The van der Waals surface area contributed by atoms with Gasteiger partial charge in [0.2, 0.25) is 0 Å². The van der Waals surface area contributed by atoms with Gasteiger partial charge in [0, 0.05) is 12.2 Å². The summed E-state index contributed by atoms with van der Waals surface area (Å²) in [5.74, 6) is -1.25. The second-order valence-corrected chi connectivity index (χ2v) is 7.48. The number of carbonyl (C=O) groups excluding carboxylic acids is 2. The fourth-order valence-corrected chi connectivity index (χ4v) is 3.73. The van der Waals surface area contributed by atoms with Gasteiger partial charge in [0.05, 0.1) is 17.9 Å². The highest BCUT2D eigenvalue weighted by Gasteiger charge is 2.34. The molecule has 1 aliphatic heterocycles. The van der Waals surface area contributed by atoms with Gasteiger partial charge in [-0.15, -0.1) is 0 Å². The maximum absolute atomic E-state index is 13.3. The molecular formula is C22H26FN3O2. The van der Waals surface area contributed by atoms with Crippen LogP contribution in [-0.2, 0) is 16.0 Å². The first-order chi connectivity index (χ1) is 13.4. The van der Waals surface area contributed by atoms with E-state index in [-0.39, 0.29) is 11.9 Å². The van der Waals surface area contributed by atoms with E-state index in [2.05, 4.69) is 17.2 Å². The summed E-state index contributed by atoms with van der Waals surface area (Å²) in [6, 6.07) is 7.78. The van der Waals surface area contributed by atoms with Gasteiger partial charge < -0.3 is 10.2 Å². The molecule has 1 aromatic carbocycles. The first-order valence-corrected chi connectivity index (χ1v) is 9.72. The lowest BCUT2D eigenvalue weighted by Gasteiger charge is -2.38. The van der Waals surface area contributed by atoms with Crippen LogP contribution in [0.15, 0.2) is 36.5 Å². The van der Waals surface area contributed by atoms with E-state index in [1.54, 1.807) is 23.2 Å². The maximum Gasteiger partial charge on any atom is 0.313 e. The Morgan fingerprint density at radius 3 is 2.64 bits per heavy atom. The van der Waals surface area contributed by atoms with Crippen molar-refractivity contribution in [2.75, 3.05) is 11.9 Å². The van der Waals surface area contributed by atoms with E-state index in [0.717, 1.165) is 36.1 Å². The Morgan fingerprint density at radius 1 is 1.25 bits per heavy atom. The summed E-state index contributed by atoms with van der Waals surface area (Å²) in [4.78, 5) is 31.5. The first kappa shape index (κ1) is 20.0. The summed E-state index contributed by atoms with van der Waals surface area (Å²) in [6.45, 7) is 6.50. The van der Waals surface area contributed by atoms with Gasteiger partial charge in [-0.3, -0.25) is 14.6 Å². The van der Waals surface area contributed by atoms with Gasteiger partial charge >= 0.3 is 11.8 Å². The fraction of sp³-hybridized carbons (Fsp3) is 0.409. The summed E-state index contributed by atoms with van der Waals surface area (Å²) in [6.07, 6.45) is 4.07. The predicted molar refractivity (Wildman–Crippen MR) is 106 cm³/mol. The number of hydrogen-bond donors (Lipinski definition) is 1. The molecule has 1 N–H and O–H groups in total. The number of anilines is 1. The molecule has 0 aliphatic carbocycles. The number of hydrogen-bond acceptors (Lipinski definition) is 3. The zero-order chi connectivity index (χ0) is 20.3. The highest BCUT2D eigenvalue weighted by atomic mass is 19.1. The molecule has 1 saturated heterocycles. The number of nitrogens with zero attached hydrogens (tertiary/aromatic N) is 2. The van der Waals surface area contributed by atoms with Gasteiger partial charge in [0.25, 0.3) is 0 Å². The average Bonchev–Trinajstić information content (AvgIpc) is 2.69. The normalized spacial score (nSPS) is 19.4. The Labute approximate surface area is 165 Å². The lowest BCUT2D eigenvalue weighted by atomic mass is 9.90. The van der Waals surface area contributed by atoms with E-state index in [9.17, 15) is 14.0 Å². The highest BCUT2D eigenvalue weighted by Crippen LogP contribution is 2.33. The van der Waals surface area contributed by atoms with E-state index < -0.39 is 11.8 Å². The number of amides is 2. The van der Waals surface area contributed by atoms with Gasteiger partial charge in [-0.25, -0.2) is 4.39 Å². The van der Waals surface area contributed by atoms with Crippen molar-refractivity contribution in [3.63, 3.8) is 0 Å². The van der Waals surface area contributed by atoms with Crippen LogP contribution >= 0.6 is 0 Å². The smallest absolute Gasteiger partial charge is 0.313 e. The molecule has 1 aromatic heterocycles. The third kappa shape index (κ3) is 4.38. The van der Waals surface area contributed by atoms with E-state index >= 15 is 0 Å². The van der Waals surface area contributed by atoms with Crippen LogP contribution < -0.4 is 5.32 Å². The number of carbonyl (C=O) groups is 2. The van der Waals surface area contributed by atoms with Crippen molar-refractivity contribution in [3.8, 4) is 0 Å². The molecule has 0 radical (unpaired) electrons. The molecule has 2 atom stereocenters. The van der Waals surface area contributed by atoms with Crippen molar-refractivity contribution in [2.45, 2.75) is 46.1 Å². The summed E-state index contributed by atoms with van der Waals surface area (Å²) in [7, 11) is 0. The van der Waals surface area contributed by atoms with E-state index in [1.807, 2.05) is 19.9 Å². The molecule has 3 rings (SSSR count). The number of likely N-dealkylation sites (tertiary alicyclic amines) is 1. The van der Waals surface area contributed by atoms with Gasteiger partial charge in [-0.1, -0.05) is 26.0 Å². The molecule has 0 unspecified atom stereocenters. The zero-order valence-electron chi connectivity index (χ0n) is 16.5. The summed E-state index contributed by atoms with van der Waals surface area (Å²) in [5.41, 5.74) is 3.30. The molecule has 2 aromatic rings. The third-order valence-corrected chi connectivity index (χ3v) is 5.36. The molecule has 1 fully saturated rings. The first-order valence-electron chi connectivity index (χ1n) is 9.72. The summed E-state index contributed by atoms with van der Waals surface area (Å²) < 4.78 is 13.3. The quantitative estimate of drug-likeness (QED) is 0.814. The van der Waals surface area contributed by atoms with Gasteiger partial charge in [0.1, 0.15) is 5.82 Å². The number of rotatable bonds is 3. The minimum absolute atomic E-state index is 0.225. The number of benzene rings is 1. The van der Waals surface area contributed by atoms with Crippen LogP contribution in [0.4, 0.5) is 10.1 Å². The van der Waals surface area contributed by atoms with E-state index in [4.69, 9.17) is 0 Å². The topological polar surface area (TPSA) is 62.3 Å². The van der Waals surface area contributed by atoms with Crippen LogP contribution in [0, 0.1) is 18.7 Å². The minimum Gasteiger partial charge on any atom is -0.327 e. The largest absolute Gasteiger partial charge is 0.327 e. The number of pyridine rings is 1. The standard InChI is InChI=1S/C22H26FN3O2/c1-4-16-11-19(12-24-15(16)3)25-21(27)22(28)26-13-14(2)5-10-20(26)17-6-8-18(23)9-7-17/h6-9,11-12,14,20H,4-5,10,13H2,1-3H3,(H,25,27)/t14-,20+/m0/s1. The van der Waals surface area contributed by atoms with Crippen LogP contribution in [-0.4, -0.2) is 28.2 Å². The van der Waals surface area contributed by atoms with Crippen molar-refractivity contribution < 1.29 is 14.0 Å². The van der Waals surface area contributed by atoms with Crippen LogP contribution in [0.1, 0.15) is 49.6 Å². The Bertz CT molecular complexity index is 867. The van der Waals surface area contributed by atoms with E-state index in [1.165, 1.54) is 12.1 Å².